The van der Waals surface area contributed by atoms with Crippen molar-refractivity contribution in [2.75, 3.05) is 44.9 Å². The van der Waals surface area contributed by atoms with Crippen LogP contribution in [0.25, 0.3) is 11.3 Å². The van der Waals surface area contributed by atoms with E-state index in [2.05, 4.69) is 42.0 Å². The Morgan fingerprint density at radius 3 is 2.19 bits per heavy atom. The third-order valence-corrected chi connectivity index (χ3v) is 12.1. The summed E-state index contributed by atoms with van der Waals surface area (Å²) in [6.45, 7) is 4.76. The molecule has 2 aromatic carbocycles. The Bertz CT molecular complexity index is 2270. The molecule has 5 atom stereocenters. The van der Waals surface area contributed by atoms with Gasteiger partial charge in [0.2, 0.25) is 5.91 Å². The number of benzene rings is 2. The molecule has 0 radical (unpaired) electrons. The summed E-state index contributed by atoms with van der Waals surface area (Å²) >= 11 is 0. The Kier molecular flexibility index (Phi) is 14.0. The molecule has 2 unspecified atom stereocenters. The Morgan fingerprint density at radius 1 is 0.905 bits per heavy atom. The van der Waals surface area contributed by atoms with Crippen LogP contribution >= 0.6 is 0 Å². The van der Waals surface area contributed by atoms with Gasteiger partial charge < -0.3 is 35.4 Å². The lowest BCUT2D eigenvalue weighted by molar-refractivity contribution is -0.220. The van der Waals surface area contributed by atoms with Crippen molar-refractivity contribution in [3.05, 3.63) is 113 Å². The molecule has 7 rings (SSSR count). The molecule has 2 aromatic heterocycles. The molecule has 3 aliphatic rings. The minimum atomic E-state index is -4.92. The standard InChI is InChI=1S/C46H50F5N7O5/c1-45(2,46(49,50)51)42(56-44(61)62-3)43(60)55-39(40(59)23-52-21-32-12-11-31(19-37(32)48)38-16-13-33(47)22-53-38)18-29-7-4-28(5-8-29)6-9-30-10-17-41(54-20-30)57-24-34-14-15-35(25-57)58(34)36-26-63-27-36/h4-5,7-8,10-13,16-17,19-20,22,34-36,39-40,42,52,59H,14-15,18,21,23-27H2,1-3H3,(H,55,60)(H,56,61)/t34?,35?,39-,40-,42+/m0/s1. The predicted molar refractivity (Wildman–Crippen MR) is 224 cm³/mol. The van der Waals surface area contributed by atoms with E-state index in [9.17, 15) is 32.3 Å². The van der Waals surface area contributed by atoms with Crippen LogP contribution in [0.15, 0.2) is 79.1 Å². The van der Waals surface area contributed by atoms with Gasteiger partial charge in [0.1, 0.15) is 23.5 Å². The number of anilines is 1. The fourth-order valence-electron chi connectivity index (χ4n) is 8.24. The highest BCUT2D eigenvalue weighted by Crippen LogP contribution is 2.41. The van der Waals surface area contributed by atoms with Crippen molar-refractivity contribution in [1.29, 1.82) is 0 Å². The van der Waals surface area contributed by atoms with Crippen molar-refractivity contribution in [2.24, 2.45) is 5.41 Å². The predicted octanol–water partition coefficient (Wildman–Crippen LogP) is 5.36. The lowest BCUT2D eigenvalue weighted by Crippen LogP contribution is -2.62. The van der Waals surface area contributed by atoms with Gasteiger partial charge in [0.25, 0.3) is 0 Å². The lowest BCUT2D eigenvalue weighted by atomic mass is 9.82. The quantitative estimate of drug-likeness (QED) is 0.0967. The second-order valence-electron chi connectivity index (χ2n) is 16.8. The smallest absolute Gasteiger partial charge is 0.407 e. The number of carbonyl (C=O) groups excluding carboxylic acids is 2. The van der Waals surface area contributed by atoms with E-state index >= 15 is 4.39 Å². The highest BCUT2D eigenvalue weighted by Gasteiger charge is 2.56. The SMILES string of the molecule is COC(=O)N[C@H](C(=O)N[C@@H](Cc1ccc(C#Cc2ccc(N3CC4CCC(C3)N4C3COC3)nc2)cc1)[C@@H](O)CNCc1ccc(-c2ccc(F)cn2)cc1F)C(C)(C)C(F)(F)F. The van der Waals surface area contributed by atoms with Crippen LogP contribution in [0.1, 0.15) is 48.9 Å². The molecule has 5 heterocycles. The molecule has 3 saturated heterocycles. The number of alkyl halides is 3. The number of amides is 2. The second kappa shape index (κ2) is 19.4. The molecule has 12 nitrogen and oxygen atoms in total. The summed E-state index contributed by atoms with van der Waals surface area (Å²) in [4.78, 5) is 39.5. The first-order valence-electron chi connectivity index (χ1n) is 20.8. The number of nitrogens with zero attached hydrogens (tertiary/aromatic N) is 4. The number of fused-ring (bicyclic) bond motifs is 2. The van der Waals surface area contributed by atoms with E-state index in [1.165, 1.54) is 37.1 Å². The number of pyridine rings is 2. The van der Waals surface area contributed by atoms with Gasteiger partial charge in [-0.2, -0.15) is 13.2 Å². The number of aromatic nitrogens is 2. The van der Waals surface area contributed by atoms with Gasteiger partial charge in [-0.15, -0.1) is 0 Å². The number of piperazine rings is 1. The number of ether oxygens (including phenoxy) is 2. The van der Waals surface area contributed by atoms with Crippen LogP contribution in [0, 0.1) is 28.9 Å². The monoisotopic (exact) mass is 875 g/mol. The summed E-state index contributed by atoms with van der Waals surface area (Å²) in [6.07, 6.45) is -2.47. The molecule has 3 aliphatic heterocycles. The number of carbonyl (C=O) groups is 2. The van der Waals surface area contributed by atoms with Crippen LogP contribution < -0.4 is 20.9 Å². The summed E-state index contributed by atoms with van der Waals surface area (Å²) in [6, 6.07) is 16.1. The molecule has 63 heavy (non-hydrogen) atoms. The Morgan fingerprint density at radius 2 is 1.60 bits per heavy atom. The van der Waals surface area contributed by atoms with Gasteiger partial charge in [0.05, 0.1) is 55.8 Å². The maximum absolute atomic E-state index is 15.1. The number of hydrogen-bond donors (Lipinski definition) is 4. The average molecular weight is 876 g/mol. The first-order valence-corrected chi connectivity index (χ1v) is 20.8. The van der Waals surface area contributed by atoms with E-state index in [0.29, 0.717) is 40.5 Å². The minimum Gasteiger partial charge on any atom is -0.453 e. The minimum absolute atomic E-state index is 0.0385. The molecule has 4 N–H and O–H groups in total. The number of aliphatic hydroxyl groups excluding tert-OH is 1. The summed E-state index contributed by atoms with van der Waals surface area (Å²) in [5, 5.41) is 18.9. The highest BCUT2D eigenvalue weighted by molar-refractivity contribution is 5.87. The van der Waals surface area contributed by atoms with Crippen LogP contribution in [-0.4, -0.2) is 114 Å². The summed E-state index contributed by atoms with van der Waals surface area (Å²) in [5.74, 6) is 4.85. The largest absolute Gasteiger partial charge is 0.453 e. The first kappa shape index (κ1) is 45.4. The molecule has 334 valence electrons. The van der Waals surface area contributed by atoms with Crippen molar-refractivity contribution in [3.63, 3.8) is 0 Å². The zero-order chi connectivity index (χ0) is 44.9. The molecule has 2 amide bonds. The number of halogens is 5. The zero-order valence-corrected chi connectivity index (χ0v) is 35.1. The Balaban J connectivity index is 1.02. The van der Waals surface area contributed by atoms with Gasteiger partial charge in [0.15, 0.2) is 0 Å². The summed E-state index contributed by atoms with van der Waals surface area (Å²) in [7, 11) is 0.957. The van der Waals surface area contributed by atoms with E-state index in [4.69, 9.17) is 9.72 Å². The lowest BCUT2D eigenvalue weighted by Gasteiger charge is -2.47. The number of nitrogens with one attached hydrogen (secondary N) is 3. The van der Waals surface area contributed by atoms with Crippen molar-refractivity contribution < 1.29 is 46.1 Å². The molecular weight excluding hydrogens is 826 g/mol. The van der Waals surface area contributed by atoms with E-state index in [-0.39, 0.29) is 25.1 Å². The number of alkyl carbamates (subject to hydrolysis) is 1. The molecule has 0 saturated carbocycles. The van der Waals surface area contributed by atoms with Gasteiger partial charge in [-0.1, -0.05) is 36.1 Å². The molecular formula is C46H50F5N7O5. The Hall–Kier alpha value is -5.67. The number of aliphatic hydroxyl groups is 1. The number of hydrogen-bond acceptors (Lipinski definition) is 10. The van der Waals surface area contributed by atoms with Crippen LogP contribution in [0.5, 0.6) is 0 Å². The second-order valence-corrected chi connectivity index (χ2v) is 16.8. The van der Waals surface area contributed by atoms with Gasteiger partial charge in [-0.05, 0) is 81.1 Å². The van der Waals surface area contributed by atoms with Crippen LogP contribution in [0.4, 0.5) is 32.6 Å². The van der Waals surface area contributed by atoms with E-state index in [1.807, 2.05) is 17.4 Å². The number of methoxy groups -OCH3 is 1. The van der Waals surface area contributed by atoms with Crippen molar-refractivity contribution in [3.8, 4) is 23.1 Å². The molecule has 3 fully saturated rings. The summed E-state index contributed by atoms with van der Waals surface area (Å²) < 4.78 is 81.0. The van der Waals surface area contributed by atoms with Gasteiger partial charge in [0, 0.05) is 66.7 Å². The van der Waals surface area contributed by atoms with Crippen molar-refractivity contribution >= 4 is 17.8 Å². The third-order valence-electron chi connectivity index (χ3n) is 12.1. The Labute approximate surface area is 362 Å². The van der Waals surface area contributed by atoms with Crippen LogP contribution in [0.3, 0.4) is 0 Å². The van der Waals surface area contributed by atoms with E-state index in [0.717, 1.165) is 64.8 Å². The van der Waals surface area contributed by atoms with Gasteiger partial charge >= 0.3 is 12.3 Å². The van der Waals surface area contributed by atoms with E-state index < -0.39 is 53.4 Å². The van der Waals surface area contributed by atoms with Crippen LogP contribution in [0.2, 0.25) is 0 Å². The highest BCUT2D eigenvalue weighted by atomic mass is 19.4. The maximum atomic E-state index is 15.1. The van der Waals surface area contributed by atoms with Gasteiger partial charge in [-0.25, -0.2) is 18.6 Å². The molecule has 17 heteroatoms. The average Bonchev–Trinajstić information content (AvgIpc) is 3.47. The molecule has 0 spiro atoms. The van der Waals surface area contributed by atoms with Crippen molar-refractivity contribution in [2.45, 2.75) is 82.1 Å². The molecule has 2 bridgehead atoms. The fraction of sp³-hybridized carbons (Fsp3) is 0.435. The topological polar surface area (TPSA) is 141 Å². The van der Waals surface area contributed by atoms with Crippen molar-refractivity contribution in [1.82, 2.24) is 30.8 Å². The summed E-state index contributed by atoms with van der Waals surface area (Å²) in [5.41, 5.74) is 0.272. The molecule has 4 aromatic rings. The maximum Gasteiger partial charge on any atom is 0.407 e. The van der Waals surface area contributed by atoms with Gasteiger partial charge in [-0.3, -0.25) is 14.7 Å². The normalized spacial score (nSPS) is 19.3. The third kappa shape index (κ3) is 10.8. The number of rotatable bonds is 14. The van der Waals surface area contributed by atoms with E-state index in [1.54, 1.807) is 36.5 Å². The zero-order valence-electron chi connectivity index (χ0n) is 35.1. The first-order chi connectivity index (χ1) is 30.1. The molecule has 0 aliphatic carbocycles. The fourth-order valence-corrected chi connectivity index (χ4v) is 8.24. The van der Waals surface area contributed by atoms with Crippen LogP contribution in [-0.2, 0) is 27.2 Å².